The Morgan fingerprint density at radius 1 is 0.750 bits per heavy atom. The van der Waals surface area contributed by atoms with Crippen molar-refractivity contribution < 1.29 is 83.2 Å². The molecule has 72 heavy (non-hydrogen) atoms. The van der Waals surface area contributed by atoms with Gasteiger partial charge in [0, 0.05) is 78.1 Å². The smallest absolute Gasteiger partial charge is 0.344 e. The lowest BCUT2D eigenvalue weighted by Gasteiger charge is -2.54. The monoisotopic (exact) mass is 1000 g/mol. The van der Waals surface area contributed by atoms with Crippen LogP contribution in [0.4, 0.5) is 0 Å². The molecular formula is C53H63NO18. The number of nitrogens with zero attached hydrogens (tertiary/aromatic N) is 1. The van der Waals surface area contributed by atoms with Gasteiger partial charge in [0.25, 0.3) is 0 Å². The number of fused-ring (bicyclic) bond motifs is 5. The predicted molar refractivity (Wildman–Crippen MR) is 255 cm³/mol. The van der Waals surface area contributed by atoms with E-state index < -0.39 is 144 Å². The number of Topliss-reactive ketones (excluding diaryl/α,β-unsaturated/α-hetero) is 1. The minimum atomic E-state index is -2.46. The topological polar surface area (TPSA) is 286 Å². The number of ether oxygens (including phenoxy) is 7. The van der Waals surface area contributed by atoms with Crippen molar-refractivity contribution in [2.45, 2.75) is 195 Å². The van der Waals surface area contributed by atoms with E-state index in [9.17, 15) is 40.9 Å². The van der Waals surface area contributed by atoms with Gasteiger partial charge in [0.05, 0.1) is 77.2 Å². The predicted octanol–water partition coefficient (Wildman–Crippen LogP) is 2.75. The molecule has 5 fully saturated rings. The van der Waals surface area contributed by atoms with Crippen LogP contribution in [0.3, 0.4) is 0 Å². The number of phenols is 2. The van der Waals surface area contributed by atoms with Crippen LogP contribution in [-0.4, -0.2) is 150 Å². The molecule has 2 aromatic carbocycles. The Bertz CT molecular complexity index is 2900. The first-order chi connectivity index (χ1) is 34.2. The third-order valence-electron chi connectivity index (χ3n) is 16.3. The van der Waals surface area contributed by atoms with Crippen molar-refractivity contribution in [2.75, 3.05) is 0 Å². The van der Waals surface area contributed by atoms with Gasteiger partial charge >= 0.3 is 5.63 Å². The van der Waals surface area contributed by atoms with Crippen LogP contribution in [0.2, 0.25) is 0 Å². The number of ketones is 1. The fourth-order valence-corrected chi connectivity index (χ4v) is 12.5. The first-order valence-corrected chi connectivity index (χ1v) is 25.1. The first kappa shape index (κ1) is 49.7. The van der Waals surface area contributed by atoms with Crippen LogP contribution in [-0.2, 0) is 43.6 Å². The van der Waals surface area contributed by atoms with Gasteiger partial charge < -0.3 is 78.4 Å². The highest BCUT2D eigenvalue weighted by molar-refractivity contribution is 6.19. The number of aliphatic hydroxyl groups is 6. The molecule has 8 aliphatic rings. The average molecular weight is 1000 g/mol. The fraction of sp³-hybridized carbons (Fsp3) is 0.604. The maximum atomic E-state index is 15.0. The summed E-state index contributed by atoms with van der Waals surface area (Å²) in [5.41, 5.74) is -7.28. The third kappa shape index (κ3) is 8.02. The number of aliphatic hydroxyl groups excluding tert-OH is 4. The molecule has 3 aliphatic carbocycles. The number of phenolic OH excluding ortho intramolecular Hbond substituents is 2. The minimum absolute atomic E-state index is 0.0202. The Kier molecular flexibility index (Phi) is 12.5. The lowest BCUT2D eigenvalue weighted by Crippen LogP contribution is -2.67. The fourth-order valence-electron chi connectivity index (χ4n) is 12.5. The van der Waals surface area contributed by atoms with Crippen LogP contribution in [0.1, 0.15) is 109 Å². The number of benzene rings is 2. The summed E-state index contributed by atoms with van der Waals surface area (Å²) in [6, 6.07) is 1.24. The van der Waals surface area contributed by atoms with Crippen molar-refractivity contribution in [2.24, 2.45) is 10.9 Å². The van der Waals surface area contributed by atoms with Crippen LogP contribution in [0.25, 0.3) is 33.4 Å². The zero-order valence-electron chi connectivity index (χ0n) is 40.6. The van der Waals surface area contributed by atoms with E-state index in [1.165, 1.54) is 19.1 Å². The van der Waals surface area contributed by atoms with Crippen molar-refractivity contribution in [3.63, 3.8) is 0 Å². The number of hydrogen-bond acceptors (Lipinski definition) is 19. The lowest BCUT2D eigenvalue weighted by atomic mass is 9.59. The minimum Gasteiger partial charge on any atom is -0.507 e. The van der Waals surface area contributed by atoms with Gasteiger partial charge in [-0.25, -0.2) is 4.79 Å². The van der Waals surface area contributed by atoms with Gasteiger partial charge in [-0.05, 0) is 65.2 Å². The molecule has 0 bridgehead atoms. The number of carbonyl (C=O) groups excluding carboxylic acids is 1. The van der Waals surface area contributed by atoms with Crippen molar-refractivity contribution in [1.82, 2.24) is 0 Å². The van der Waals surface area contributed by atoms with Crippen LogP contribution in [0.15, 0.2) is 50.7 Å². The normalized spacial score (nSPS) is 43.6. The van der Waals surface area contributed by atoms with E-state index in [1.807, 2.05) is 31.2 Å². The molecule has 0 radical (unpaired) electrons. The highest BCUT2D eigenvalue weighted by Crippen LogP contribution is 2.59. The quantitative estimate of drug-likeness (QED) is 0.158. The molecule has 4 saturated heterocycles. The molecular weight excluding hydrogens is 939 g/mol. The molecule has 11 rings (SSSR count). The molecule has 19 heteroatoms. The van der Waals surface area contributed by atoms with Crippen LogP contribution >= 0.6 is 0 Å². The summed E-state index contributed by atoms with van der Waals surface area (Å²) < 4.78 is 50.4. The summed E-state index contributed by atoms with van der Waals surface area (Å²) in [4.78, 5) is 34.7. The number of aliphatic imine (C=N–C) groups is 1. The van der Waals surface area contributed by atoms with Crippen LogP contribution in [0, 0.1) is 5.92 Å². The highest BCUT2D eigenvalue weighted by atomic mass is 16.7. The summed E-state index contributed by atoms with van der Waals surface area (Å²) >= 11 is 0. The molecule has 0 spiro atoms. The third-order valence-corrected chi connectivity index (χ3v) is 16.3. The molecule has 8 N–H and O–H groups in total. The van der Waals surface area contributed by atoms with Crippen LogP contribution in [0.5, 0.6) is 11.5 Å². The molecule has 3 aromatic rings. The molecule has 388 valence electrons. The van der Waals surface area contributed by atoms with Crippen molar-refractivity contribution in [3.05, 3.63) is 68.8 Å². The van der Waals surface area contributed by atoms with Gasteiger partial charge in [0.2, 0.25) is 0 Å². The Labute approximate surface area is 413 Å². The van der Waals surface area contributed by atoms with E-state index in [0.717, 1.165) is 0 Å². The second-order valence-electron chi connectivity index (χ2n) is 21.4. The molecule has 19 atom stereocenters. The maximum absolute atomic E-state index is 15.0. The standard InChI is InChI=1S/C53H63NO18/c1-22-32(55)10-12-39(66-22)72-53-37(57)19-51(5,63)21-52(53,64)15-14-27-44(53)49-42-29(41(50(62)71-49)30-20-54-31-9-7-6-8-26(30)31)16-28(48(61)43(42)47(27)60)35-18-36(46(59)25(4)65-35)70-38-13-11-34(23(2)67-38)69-40-17-33(56)45(58)24(3)68-40/h6-9,14-16,20,22-26,31-36,38-40,45-46,55-56,58-61,63-64H,10-13,17-19,21H2,1-5H3/t22?,23?,24?,25?,26?,31?,32?,33?,34?,35?,36?,38?,39?,40?,45?,46?,51-,52-,53-/m0/s1. The van der Waals surface area contributed by atoms with E-state index in [1.54, 1.807) is 33.1 Å². The molecule has 6 heterocycles. The van der Waals surface area contributed by atoms with E-state index >= 15 is 9.59 Å². The zero-order chi connectivity index (χ0) is 50.9. The summed E-state index contributed by atoms with van der Waals surface area (Å²) in [5, 5.41) is 92.4. The largest absolute Gasteiger partial charge is 0.507 e. The van der Waals surface area contributed by atoms with Gasteiger partial charge in [0.1, 0.15) is 34.9 Å². The van der Waals surface area contributed by atoms with Crippen molar-refractivity contribution >= 4 is 45.4 Å². The van der Waals surface area contributed by atoms with Crippen molar-refractivity contribution in [1.29, 1.82) is 0 Å². The number of carbonyl (C=O) groups is 1. The summed E-state index contributed by atoms with van der Waals surface area (Å²) in [7, 11) is 0. The number of allylic oxidation sites excluding steroid dienone is 2. The molecule has 5 aliphatic heterocycles. The Morgan fingerprint density at radius 2 is 1.46 bits per heavy atom. The molecule has 1 saturated carbocycles. The van der Waals surface area contributed by atoms with E-state index in [-0.39, 0.29) is 75.4 Å². The highest BCUT2D eigenvalue weighted by Gasteiger charge is 2.67. The van der Waals surface area contributed by atoms with Gasteiger partial charge in [-0.2, -0.15) is 0 Å². The number of rotatable bonds is 7. The summed E-state index contributed by atoms with van der Waals surface area (Å²) in [6.45, 7) is 8.21. The second kappa shape index (κ2) is 18.1. The van der Waals surface area contributed by atoms with Gasteiger partial charge in [0.15, 0.2) is 30.3 Å². The Balaban J connectivity index is 1.03. The van der Waals surface area contributed by atoms with E-state index in [2.05, 4.69) is 4.99 Å². The second-order valence-corrected chi connectivity index (χ2v) is 21.4. The number of aromatic hydroxyl groups is 2. The Morgan fingerprint density at radius 3 is 2.21 bits per heavy atom. The summed E-state index contributed by atoms with van der Waals surface area (Å²) in [6.07, 6.45) is 0.274. The number of hydrogen-bond donors (Lipinski definition) is 8. The first-order valence-electron chi connectivity index (χ1n) is 25.1. The molecule has 0 amide bonds. The summed E-state index contributed by atoms with van der Waals surface area (Å²) in [5.74, 6) is -2.19. The Hall–Kier alpha value is -4.45. The zero-order valence-corrected chi connectivity index (χ0v) is 40.6. The van der Waals surface area contributed by atoms with Crippen molar-refractivity contribution in [3.8, 4) is 11.5 Å². The lowest BCUT2D eigenvalue weighted by molar-refractivity contribution is -0.306. The average Bonchev–Trinajstić information content (AvgIpc) is 3.74. The van der Waals surface area contributed by atoms with E-state index in [0.29, 0.717) is 18.4 Å². The molecule has 1 aromatic heterocycles. The van der Waals surface area contributed by atoms with Gasteiger partial charge in [-0.15, -0.1) is 0 Å². The van der Waals surface area contributed by atoms with E-state index in [4.69, 9.17) is 37.6 Å². The van der Waals surface area contributed by atoms with Crippen LogP contribution < -0.4 is 10.8 Å². The molecule has 16 unspecified atom stereocenters. The van der Waals surface area contributed by atoms with Gasteiger partial charge in [-0.1, -0.05) is 30.4 Å². The van der Waals surface area contributed by atoms with Gasteiger partial charge in [-0.3, -0.25) is 9.79 Å². The maximum Gasteiger partial charge on any atom is 0.344 e. The molecule has 19 nitrogen and oxygen atoms in total. The SMILES string of the molecule is CC1OC(O[C@]23C(=O)C[C@](C)(O)C[C@@]2(O)C=Cc2c3c3oc(=O)c(=C4C=NC5C=CC=CC45)c4cc(C5CC(OC6CCC(OC7CC(O)C(O)C(C)O7)C(C)O6)C(O)C(C)O5)c(O)c(c2O)c34)CCC1O.